The molecule has 11 heavy (non-hydrogen) atoms. The van der Waals surface area contributed by atoms with Crippen LogP contribution in [0.15, 0.2) is 30.0 Å². The van der Waals surface area contributed by atoms with E-state index in [0.29, 0.717) is 14.8 Å². The summed E-state index contributed by atoms with van der Waals surface area (Å²) in [5, 5.41) is 0. The fourth-order valence-corrected chi connectivity index (χ4v) is 4.04. The number of benzene rings is 1. The van der Waals surface area contributed by atoms with Gasteiger partial charge in [0.2, 0.25) is 0 Å². The third-order valence-electron chi connectivity index (χ3n) is 1.54. The average Bonchev–Trinajstić information content (AvgIpc) is 2.28. The van der Waals surface area contributed by atoms with Gasteiger partial charge in [-0.3, -0.25) is 0 Å². The minimum atomic E-state index is 0.320. The first-order chi connectivity index (χ1) is 5.47. The van der Waals surface area contributed by atoms with Crippen LogP contribution in [0.1, 0.15) is 5.56 Å². The molecule has 0 fully saturated rings. The van der Waals surface area contributed by atoms with Crippen LogP contribution >= 0.6 is 0 Å². The molecular weight excluding hydrogens is 213 g/mol. The summed E-state index contributed by atoms with van der Waals surface area (Å²) in [5.74, 6) is 0. The Morgan fingerprint density at radius 1 is 1.27 bits per heavy atom. The molecule has 0 atom stereocenters. The van der Waals surface area contributed by atoms with Gasteiger partial charge in [-0.2, -0.15) is 0 Å². The zero-order valence-electron chi connectivity index (χ0n) is 5.91. The van der Waals surface area contributed by atoms with Crippen molar-refractivity contribution < 1.29 is 0 Å². The Hall–Kier alpha value is -0.465. The fourth-order valence-electron chi connectivity index (χ4n) is 1.00. The quantitative estimate of drug-likeness (QED) is 0.650. The zero-order chi connectivity index (χ0) is 7.52. The predicted molar refractivity (Wildman–Crippen MR) is 50.6 cm³/mol. The van der Waals surface area contributed by atoms with Crippen LogP contribution in [0.5, 0.6) is 0 Å². The molecule has 0 aliphatic carbocycles. The number of hydrogen-bond acceptors (Lipinski definition) is 1. The van der Waals surface area contributed by atoms with E-state index in [9.17, 15) is 0 Å². The van der Waals surface area contributed by atoms with Gasteiger partial charge in [-0.1, -0.05) is 0 Å². The summed E-state index contributed by atoms with van der Waals surface area (Å²) in [7, 11) is 0.993. The molecule has 1 nitrogen and oxygen atoms in total. The molecule has 1 aliphatic heterocycles. The molecule has 1 aromatic rings. The van der Waals surface area contributed by atoms with E-state index in [-0.39, 0.29) is 0 Å². The summed E-state index contributed by atoms with van der Waals surface area (Å²) in [4.78, 5) is 0. The molecular formula is C8H7AsNSi. The predicted octanol–water partition coefficient (Wildman–Crippen LogP) is 1.32. The second-order valence-electron chi connectivity index (χ2n) is 2.27. The van der Waals surface area contributed by atoms with Crippen LogP contribution in [-0.2, 0) is 0 Å². The molecule has 1 N–H and O–H groups in total. The third kappa shape index (κ3) is 1.58. The number of anilines is 1. The van der Waals surface area contributed by atoms with Gasteiger partial charge in [0, 0.05) is 0 Å². The molecule has 1 heterocycles. The molecule has 3 heteroatoms. The first kappa shape index (κ1) is 7.20. The molecule has 0 saturated heterocycles. The van der Waals surface area contributed by atoms with E-state index in [1.807, 2.05) is 0 Å². The van der Waals surface area contributed by atoms with E-state index in [1.165, 1.54) is 11.3 Å². The van der Waals surface area contributed by atoms with Crippen LogP contribution in [0.4, 0.5) is 5.69 Å². The Labute approximate surface area is 74.1 Å². The Balaban J connectivity index is 2.52. The van der Waals surface area contributed by atoms with Crippen molar-refractivity contribution in [2.45, 2.75) is 0 Å². The Morgan fingerprint density at radius 3 is 3.18 bits per heavy atom. The van der Waals surface area contributed by atoms with Crippen LogP contribution in [0.2, 0.25) is 0 Å². The van der Waals surface area contributed by atoms with E-state index in [4.69, 9.17) is 0 Å². The van der Waals surface area contributed by atoms with Gasteiger partial charge in [0.05, 0.1) is 0 Å². The summed E-state index contributed by atoms with van der Waals surface area (Å²) in [6, 6.07) is 8.45. The van der Waals surface area contributed by atoms with E-state index >= 15 is 0 Å². The molecule has 0 saturated carbocycles. The van der Waals surface area contributed by atoms with Gasteiger partial charge in [0.25, 0.3) is 0 Å². The van der Waals surface area contributed by atoms with Crippen LogP contribution in [0.3, 0.4) is 0 Å². The van der Waals surface area contributed by atoms with Crippen molar-refractivity contribution in [2.24, 2.45) is 0 Å². The van der Waals surface area contributed by atoms with E-state index in [2.05, 4.69) is 40.3 Å². The summed E-state index contributed by atoms with van der Waals surface area (Å²) >= 11 is 0.320. The second-order valence-corrected chi connectivity index (χ2v) is 6.59. The zero-order valence-corrected chi connectivity index (χ0v) is 8.79. The number of nitrogens with one attached hydrogen (secondary N) is 1. The monoisotopic (exact) mass is 220 g/mol. The molecule has 1 radical (unpaired) electrons. The average molecular weight is 220 g/mol. The summed E-state index contributed by atoms with van der Waals surface area (Å²) < 4.78 is 3.47. The molecule has 1 aliphatic rings. The van der Waals surface area contributed by atoms with E-state index in [0.717, 1.165) is 7.52 Å². The van der Waals surface area contributed by atoms with Gasteiger partial charge < -0.3 is 0 Å². The number of rotatable bonds is 0. The summed E-state index contributed by atoms with van der Waals surface area (Å²) in [6.07, 6.45) is 2.21. The molecule has 0 unspecified atom stereocenters. The van der Waals surface area contributed by atoms with Crippen molar-refractivity contribution in [1.29, 1.82) is 0 Å². The van der Waals surface area contributed by atoms with Crippen molar-refractivity contribution in [3.63, 3.8) is 0 Å². The third-order valence-corrected chi connectivity index (χ3v) is 5.06. The van der Waals surface area contributed by atoms with Crippen LogP contribution < -0.4 is 4.23 Å². The molecule has 0 aromatic heterocycles. The van der Waals surface area contributed by atoms with Gasteiger partial charge in [0.1, 0.15) is 0 Å². The van der Waals surface area contributed by atoms with Gasteiger partial charge in [-0.25, -0.2) is 0 Å². The van der Waals surface area contributed by atoms with Crippen molar-refractivity contribution in [1.82, 2.24) is 0 Å². The van der Waals surface area contributed by atoms with Gasteiger partial charge in [-0.05, 0) is 0 Å². The number of hydrogen-bond donors (Lipinski definition) is 1. The van der Waals surface area contributed by atoms with Gasteiger partial charge in [0.15, 0.2) is 0 Å². The van der Waals surface area contributed by atoms with Crippen molar-refractivity contribution in [3.05, 3.63) is 35.5 Å². The molecule has 0 bridgehead atoms. The fraction of sp³-hybridized carbons (Fsp3) is 0. The number of para-hydroxylation sites is 1. The first-order valence-electron chi connectivity index (χ1n) is 3.44. The van der Waals surface area contributed by atoms with E-state index in [1.54, 1.807) is 0 Å². The van der Waals surface area contributed by atoms with Crippen molar-refractivity contribution in [2.75, 3.05) is 4.23 Å². The van der Waals surface area contributed by atoms with Gasteiger partial charge >= 0.3 is 73.9 Å². The standard InChI is InChI=1S/C8H7AsNSi/c1-2-4-8-7(3-1)5-6-11-9-10-8/h1-6,10H. The normalized spacial score (nSPS) is 14.9. The second kappa shape index (κ2) is 3.29. The summed E-state index contributed by atoms with van der Waals surface area (Å²) in [5.41, 5.74) is 4.90. The van der Waals surface area contributed by atoms with E-state index < -0.39 is 0 Å². The molecule has 0 amide bonds. The van der Waals surface area contributed by atoms with Crippen LogP contribution in [0, 0.1) is 0 Å². The Kier molecular flexibility index (Phi) is 2.15. The maximum atomic E-state index is 3.47. The molecule has 0 spiro atoms. The first-order valence-corrected chi connectivity index (χ1v) is 8.21. The Bertz CT molecular complexity index is 320. The maximum absolute atomic E-state index is 3.47. The van der Waals surface area contributed by atoms with Crippen LogP contribution in [0.25, 0.3) is 6.08 Å². The molecule has 1 aromatic carbocycles. The van der Waals surface area contributed by atoms with Crippen LogP contribution in [-0.4, -0.2) is 22.3 Å². The molecule has 53 valence electrons. The van der Waals surface area contributed by atoms with Gasteiger partial charge in [-0.15, -0.1) is 0 Å². The SMILES string of the molecule is C1=Cc2ccccc2N[As]=[Si]1. The van der Waals surface area contributed by atoms with Crippen molar-refractivity contribution in [3.8, 4) is 0 Å². The van der Waals surface area contributed by atoms with Crippen molar-refractivity contribution >= 4 is 34.1 Å². The summed E-state index contributed by atoms with van der Waals surface area (Å²) in [6.45, 7) is 0. The minimum absolute atomic E-state index is 0.320. The number of fused-ring (bicyclic) bond motifs is 1. The topological polar surface area (TPSA) is 12.0 Å². The Morgan fingerprint density at radius 2 is 2.18 bits per heavy atom. The molecule has 2 rings (SSSR count).